The van der Waals surface area contributed by atoms with E-state index in [0.717, 1.165) is 6.42 Å². The van der Waals surface area contributed by atoms with Gasteiger partial charge in [0.05, 0.1) is 12.7 Å². The first kappa shape index (κ1) is 8.99. The molecule has 0 aromatic rings. The second-order valence-corrected chi connectivity index (χ2v) is 1.87. The van der Waals surface area contributed by atoms with Gasteiger partial charge < -0.3 is 4.74 Å². The maximum Gasteiger partial charge on any atom is 0.341 e. The molecule has 0 N–H and O–H groups in total. The summed E-state index contributed by atoms with van der Waals surface area (Å²) in [6, 6.07) is 0. The normalized spacial score (nSPS) is 7.90. The molecule has 0 aliphatic carbocycles. The van der Waals surface area contributed by atoms with Gasteiger partial charge in [-0.1, -0.05) is 6.92 Å². The lowest BCUT2D eigenvalue weighted by Crippen LogP contribution is -1.99. The van der Waals surface area contributed by atoms with Gasteiger partial charge >= 0.3 is 5.97 Å². The first-order chi connectivity index (χ1) is 4.72. The number of hydrogen-bond donors (Lipinski definition) is 0. The van der Waals surface area contributed by atoms with E-state index in [1.807, 2.05) is 6.92 Å². The molecule has 56 valence electrons. The summed E-state index contributed by atoms with van der Waals surface area (Å²) in [5, 5.41) is 0. The minimum Gasteiger partial charge on any atom is -0.465 e. The van der Waals surface area contributed by atoms with Crippen molar-refractivity contribution in [2.24, 2.45) is 0 Å². The van der Waals surface area contributed by atoms with Crippen LogP contribution in [-0.4, -0.2) is 13.1 Å². The molecule has 0 spiro atoms. The van der Waals surface area contributed by atoms with Crippen LogP contribution in [0.2, 0.25) is 0 Å². The van der Waals surface area contributed by atoms with Crippen molar-refractivity contribution < 1.29 is 9.53 Å². The number of hydrogen-bond acceptors (Lipinski definition) is 2. The third-order valence-corrected chi connectivity index (χ3v) is 1.01. The van der Waals surface area contributed by atoms with Crippen molar-refractivity contribution in [1.29, 1.82) is 0 Å². The van der Waals surface area contributed by atoms with Gasteiger partial charge in [-0.05, 0) is 19.4 Å². The van der Waals surface area contributed by atoms with E-state index in [1.54, 1.807) is 13.0 Å². The number of ether oxygens (including phenoxy) is 1. The maximum absolute atomic E-state index is 10.7. The number of esters is 1. The number of methoxy groups -OCH3 is 1. The van der Waals surface area contributed by atoms with Crippen molar-refractivity contribution in [2.75, 3.05) is 7.11 Å². The molecule has 0 fully saturated rings. The van der Waals surface area contributed by atoms with Gasteiger partial charge in [-0.2, -0.15) is 0 Å². The van der Waals surface area contributed by atoms with Gasteiger partial charge in [-0.25, -0.2) is 4.79 Å². The van der Waals surface area contributed by atoms with Gasteiger partial charge in [0.15, 0.2) is 0 Å². The van der Waals surface area contributed by atoms with Crippen LogP contribution in [0, 0.1) is 0 Å². The Bertz CT molecular complexity index is 174. The zero-order valence-corrected chi connectivity index (χ0v) is 6.60. The van der Waals surface area contributed by atoms with Crippen LogP contribution in [0.3, 0.4) is 0 Å². The lowest BCUT2D eigenvalue weighted by atomic mass is 10.3. The molecule has 0 unspecified atom stereocenters. The van der Waals surface area contributed by atoms with Gasteiger partial charge in [0, 0.05) is 0 Å². The first-order valence-corrected chi connectivity index (χ1v) is 3.22. The molecule has 0 saturated carbocycles. The molecule has 0 heterocycles. The fraction of sp³-hybridized carbons (Fsp3) is 0.500. The van der Waals surface area contributed by atoms with Crippen LogP contribution in [0.15, 0.2) is 17.4 Å². The summed E-state index contributed by atoms with van der Waals surface area (Å²) < 4.78 is 4.45. The van der Waals surface area contributed by atoms with Gasteiger partial charge in [-0.15, -0.1) is 5.73 Å². The van der Waals surface area contributed by atoms with E-state index in [-0.39, 0.29) is 5.97 Å². The topological polar surface area (TPSA) is 26.3 Å². The van der Waals surface area contributed by atoms with Crippen LogP contribution in [0.1, 0.15) is 20.3 Å². The van der Waals surface area contributed by atoms with Crippen molar-refractivity contribution in [2.45, 2.75) is 20.3 Å². The molecule has 0 radical (unpaired) electrons. The van der Waals surface area contributed by atoms with Crippen molar-refractivity contribution in [3.05, 3.63) is 17.4 Å². The van der Waals surface area contributed by atoms with Gasteiger partial charge in [0.2, 0.25) is 0 Å². The standard InChI is InChI=1S/C8H12O2/c1-4-5-6-7(2)8(9)10-3/h5H,4H2,1-3H3. The summed E-state index contributed by atoms with van der Waals surface area (Å²) >= 11 is 0. The summed E-state index contributed by atoms with van der Waals surface area (Å²) in [5.41, 5.74) is 3.32. The Labute approximate surface area is 61.2 Å². The van der Waals surface area contributed by atoms with Gasteiger partial charge in [0.1, 0.15) is 0 Å². The third kappa shape index (κ3) is 3.10. The molecular weight excluding hydrogens is 128 g/mol. The quantitative estimate of drug-likeness (QED) is 0.331. The van der Waals surface area contributed by atoms with Crippen LogP contribution in [-0.2, 0) is 9.53 Å². The molecule has 0 aromatic carbocycles. The number of rotatable bonds is 2. The monoisotopic (exact) mass is 140 g/mol. The summed E-state index contributed by atoms with van der Waals surface area (Å²) in [4.78, 5) is 10.7. The highest BCUT2D eigenvalue weighted by atomic mass is 16.5. The average molecular weight is 140 g/mol. The molecule has 0 bridgehead atoms. The summed E-state index contributed by atoms with van der Waals surface area (Å²) in [6.45, 7) is 3.66. The Balaban J connectivity index is 4.19. The second kappa shape index (κ2) is 4.83. The van der Waals surface area contributed by atoms with E-state index in [1.165, 1.54) is 7.11 Å². The molecule has 0 aliphatic heterocycles. The zero-order valence-electron chi connectivity index (χ0n) is 6.60. The summed E-state index contributed by atoms with van der Waals surface area (Å²) in [6.07, 6.45) is 2.68. The molecule has 0 amide bonds. The van der Waals surface area contributed by atoms with E-state index in [4.69, 9.17) is 0 Å². The zero-order chi connectivity index (χ0) is 7.98. The van der Waals surface area contributed by atoms with Crippen molar-refractivity contribution in [3.63, 3.8) is 0 Å². The average Bonchev–Trinajstić information content (AvgIpc) is 1.98. The smallest absolute Gasteiger partial charge is 0.341 e. The summed E-state index contributed by atoms with van der Waals surface area (Å²) in [7, 11) is 1.36. The molecule has 0 saturated heterocycles. The predicted octanol–water partition coefficient (Wildman–Crippen LogP) is 1.67. The Morgan fingerprint density at radius 2 is 2.30 bits per heavy atom. The number of carbonyl (C=O) groups excluding carboxylic acids is 1. The maximum atomic E-state index is 10.7. The fourth-order valence-electron chi connectivity index (χ4n) is 0.467. The Kier molecular flexibility index (Phi) is 4.34. The fourth-order valence-corrected chi connectivity index (χ4v) is 0.467. The second-order valence-electron chi connectivity index (χ2n) is 1.87. The van der Waals surface area contributed by atoms with Crippen LogP contribution in [0.25, 0.3) is 0 Å². The van der Waals surface area contributed by atoms with Crippen LogP contribution in [0.5, 0.6) is 0 Å². The Hall–Kier alpha value is -1.01. The van der Waals surface area contributed by atoms with Gasteiger partial charge in [0.25, 0.3) is 0 Å². The molecule has 0 aliphatic rings. The minimum atomic E-state index is -0.315. The molecule has 2 heteroatoms. The molecule has 0 aromatic heterocycles. The van der Waals surface area contributed by atoms with E-state index in [0.29, 0.717) is 5.57 Å². The van der Waals surface area contributed by atoms with E-state index in [9.17, 15) is 4.79 Å². The largest absolute Gasteiger partial charge is 0.465 e. The Morgan fingerprint density at radius 3 is 2.70 bits per heavy atom. The first-order valence-electron chi connectivity index (χ1n) is 3.22. The van der Waals surface area contributed by atoms with E-state index < -0.39 is 0 Å². The Morgan fingerprint density at radius 1 is 1.70 bits per heavy atom. The van der Waals surface area contributed by atoms with Gasteiger partial charge in [-0.3, -0.25) is 0 Å². The predicted molar refractivity (Wildman–Crippen MR) is 39.6 cm³/mol. The molecule has 0 rings (SSSR count). The highest BCUT2D eigenvalue weighted by molar-refractivity contribution is 5.87. The van der Waals surface area contributed by atoms with E-state index >= 15 is 0 Å². The third-order valence-electron chi connectivity index (χ3n) is 1.01. The summed E-state index contributed by atoms with van der Waals surface area (Å²) in [5.74, 6) is -0.315. The molecule has 0 atom stereocenters. The lowest BCUT2D eigenvalue weighted by molar-refractivity contribution is -0.136. The van der Waals surface area contributed by atoms with Crippen LogP contribution < -0.4 is 0 Å². The highest BCUT2D eigenvalue weighted by Gasteiger charge is 1.98. The number of carbonyl (C=O) groups is 1. The molecule has 10 heavy (non-hydrogen) atoms. The van der Waals surface area contributed by atoms with Crippen molar-refractivity contribution >= 4 is 5.97 Å². The van der Waals surface area contributed by atoms with Crippen molar-refractivity contribution in [1.82, 2.24) is 0 Å². The van der Waals surface area contributed by atoms with Crippen LogP contribution in [0.4, 0.5) is 0 Å². The highest BCUT2D eigenvalue weighted by Crippen LogP contribution is 1.92. The molecular formula is C8H12O2. The SMILES string of the molecule is CCC=C=C(C)C(=O)OC. The van der Waals surface area contributed by atoms with Crippen LogP contribution >= 0.6 is 0 Å². The molecule has 2 nitrogen and oxygen atoms in total. The van der Waals surface area contributed by atoms with E-state index in [2.05, 4.69) is 10.5 Å². The lowest BCUT2D eigenvalue weighted by Gasteiger charge is -1.92. The minimum absolute atomic E-state index is 0.315. The van der Waals surface area contributed by atoms with Crippen molar-refractivity contribution in [3.8, 4) is 0 Å².